The highest BCUT2D eigenvalue weighted by Crippen LogP contribution is 2.47. The lowest BCUT2D eigenvalue weighted by Crippen LogP contribution is -2.82. The van der Waals surface area contributed by atoms with E-state index in [1.165, 1.54) is 22.9 Å². The number of nitrogens with one attached hydrogen (secondary N) is 1. The molecule has 4 N–H and O–H groups in total. The van der Waals surface area contributed by atoms with Gasteiger partial charge >= 0.3 is 12.3 Å². The highest BCUT2D eigenvalue weighted by atomic mass is 19.4. The number of primary amides is 1. The molecule has 0 saturated carbocycles. The van der Waals surface area contributed by atoms with Crippen LogP contribution >= 0.6 is 0 Å². The predicted molar refractivity (Wildman–Crippen MR) is 105 cm³/mol. The molecule has 158 valence electrons. The average Bonchev–Trinajstić information content (AvgIpc) is 3.04. The van der Waals surface area contributed by atoms with Crippen LogP contribution in [0.2, 0.25) is 0 Å². The first-order chi connectivity index (χ1) is 14.1. The zero-order valence-electron chi connectivity index (χ0n) is 16.3. The maximum absolute atomic E-state index is 14.3. The number of ether oxygens (including phenoxy) is 1. The molecule has 0 bridgehead atoms. The minimum absolute atomic E-state index is 0.0449. The number of hydrogen-bond acceptors (Lipinski definition) is 4. The smallest absolute Gasteiger partial charge is 0.420 e. The van der Waals surface area contributed by atoms with E-state index >= 15 is 0 Å². The maximum Gasteiger partial charge on any atom is 0.517 e. The summed E-state index contributed by atoms with van der Waals surface area (Å²) in [6.07, 6.45) is -3.63. The number of carbonyl (C=O) groups is 1. The summed E-state index contributed by atoms with van der Waals surface area (Å²) in [6, 6.07) is 9.90. The van der Waals surface area contributed by atoms with Gasteiger partial charge in [-0.3, -0.25) is 0 Å². The van der Waals surface area contributed by atoms with Gasteiger partial charge in [0.1, 0.15) is 5.69 Å². The molecule has 9 heteroatoms. The fraction of sp³-hybridized carbons (Fsp3) is 0.238. The Morgan fingerprint density at radius 3 is 2.60 bits per heavy atom. The lowest BCUT2D eigenvalue weighted by molar-refractivity contribution is -0.482. The molecule has 0 aliphatic rings. The van der Waals surface area contributed by atoms with Gasteiger partial charge in [0.05, 0.1) is 12.2 Å². The van der Waals surface area contributed by atoms with E-state index in [2.05, 4.69) is 0 Å². The average molecular weight is 420 g/mol. The normalized spacial score (nSPS) is 13.8. The molecular formula is C21H21F3N3O3+. The molecule has 30 heavy (non-hydrogen) atoms. The van der Waals surface area contributed by atoms with Gasteiger partial charge in [-0.25, -0.2) is 5.32 Å². The van der Waals surface area contributed by atoms with Gasteiger partial charge in [-0.15, -0.1) is 0 Å². The third-order valence-electron chi connectivity index (χ3n) is 4.92. The number of carbonyl (C=O) groups excluding carboxylic acids is 1. The third-order valence-corrected chi connectivity index (χ3v) is 4.92. The standard InChI is InChI=1S/C21H20F3N3O3/c1-3-30-19(28)26-17-9-8-14(10-13(17)11-25)20(29,21(22,23)24)16-12-27(2)18-7-5-4-6-15(16)18/h4-12,25,29H,3H2,1-2H3,(H,26,28)/p+1. The summed E-state index contributed by atoms with van der Waals surface area (Å²) in [6.45, 7) is 1.77. The number of alkyl halides is 3. The molecule has 0 spiro atoms. The van der Waals surface area contributed by atoms with E-state index in [4.69, 9.17) is 10.1 Å². The number of aromatic nitrogens is 1. The largest absolute Gasteiger partial charge is 0.517 e. The Morgan fingerprint density at radius 1 is 1.27 bits per heavy atom. The minimum atomic E-state index is -5.04. The van der Waals surface area contributed by atoms with Crippen molar-refractivity contribution in [3.8, 4) is 0 Å². The fourth-order valence-electron chi connectivity index (χ4n) is 3.47. The summed E-state index contributed by atoms with van der Waals surface area (Å²) in [5.41, 5.74) is -3.28. The van der Waals surface area contributed by atoms with Gasteiger partial charge in [0.2, 0.25) is 5.60 Å². The molecule has 1 heterocycles. The van der Waals surface area contributed by atoms with Crippen molar-refractivity contribution in [2.24, 2.45) is 7.05 Å². The van der Waals surface area contributed by atoms with Crippen molar-refractivity contribution in [2.45, 2.75) is 18.7 Å². The van der Waals surface area contributed by atoms with Crippen LogP contribution in [-0.2, 0) is 17.4 Å². The van der Waals surface area contributed by atoms with E-state index in [1.54, 1.807) is 32.2 Å². The quantitative estimate of drug-likeness (QED) is 0.437. The molecule has 0 aliphatic carbocycles. The second-order valence-corrected chi connectivity index (χ2v) is 6.76. The maximum atomic E-state index is 14.3. The number of fused-ring (bicyclic) bond motifs is 1. The minimum Gasteiger partial charge on any atom is -0.420 e. The van der Waals surface area contributed by atoms with Crippen molar-refractivity contribution in [2.75, 3.05) is 6.61 Å². The van der Waals surface area contributed by atoms with Crippen molar-refractivity contribution in [1.29, 1.82) is 5.41 Å². The summed E-state index contributed by atoms with van der Waals surface area (Å²) < 4.78 is 49.1. The zero-order valence-corrected chi connectivity index (χ0v) is 16.3. The Balaban J connectivity index is 2.19. The van der Waals surface area contributed by atoms with Gasteiger partial charge in [0, 0.05) is 42.0 Å². The van der Waals surface area contributed by atoms with Crippen LogP contribution in [-0.4, -0.2) is 34.8 Å². The second-order valence-electron chi connectivity index (χ2n) is 6.76. The molecule has 1 atom stereocenters. The summed E-state index contributed by atoms with van der Waals surface area (Å²) in [5.74, 6) is 0. The van der Waals surface area contributed by atoms with Gasteiger partial charge in [0.15, 0.2) is 0 Å². The van der Waals surface area contributed by atoms with Gasteiger partial charge in [0.25, 0.3) is 0 Å². The molecular weight excluding hydrogens is 399 g/mol. The molecule has 6 nitrogen and oxygen atoms in total. The van der Waals surface area contributed by atoms with Crippen LogP contribution in [0.5, 0.6) is 0 Å². The number of halogens is 3. The molecule has 0 aliphatic heterocycles. The Kier molecular flexibility index (Phi) is 5.69. The van der Waals surface area contributed by atoms with Crippen LogP contribution in [0, 0.1) is 5.41 Å². The fourth-order valence-corrected chi connectivity index (χ4v) is 3.47. The molecule has 1 aromatic heterocycles. The number of benzene rings is 2. The Bertz CT molecular complexity index is 1110. The van der Waals surface area contributed by atoms with E-state index in [0.717, 1.165) is 23.7 Å². The molecule has 3 rings (SSSR count). The molecule has 0 fully saturated rings. The van der Waals surface area contributed by atoms with Gasteiger partial charge < -0.3 is 19.8 Å². The Labute approximate surface area is 170 Å². The topological polar surface area (TPSA) is 91.9 Å². The van der Waals surface area contributed by atoms with E-state index in [9.17, 15) is 23.1 Å². The summed E-state index contributed by atoms with van der Waals surface area (Å²) in [5, 5.41) is 20.0. The second kappa shape index (κ2) is 7.92. The first kappa shape index (κ1) is 21.5. The number of hydrogen-bond donors (Lipinski definition) is 3. The summed E-state index contributed by atoms with van der Waals surface area (Å²) >= 11 is 0. The van der Waals surface area contributed by atoms with Crippen LogP contribution < -0.4 is 5.32 Å². The number of nitrogens with two attached hydrogens (primary N) is 1. The van der Waals surface area contributed by atoms with Crippen LogP contribution in [0.1, 0.15) is 23.6 Å². The van der Waals surface area contributed by atoms with Gasteiger partial charge in [-0.1, -0.05) is 18.2 Å². The van der Waals surface area contributed by atoms with E-state index in [-0.39, 0.29) is 28.8 Å². The highest BCUT2D eigenvalue weighted by Gasteiger charge is 2.57. The summed E-state index contributed by atoms with van der Waals surface area (Å²) in [7, 11) is 1.60. The number of rotatable bonds is 5. The van der Waals surface area contributed by atoms with Crippen molar-refractivity contribution in [3.05, 3.63) is 65.4 Å². The van der Waals surface area contributed by atoms with Crippen molar-refractivity contribution in [1.82, 2.24) is 4.57 Å². The number of amides is 1. The zero-order chi connectivity index (χ0) is 22.1. The number of aryl methyl sites for hydroxylation is 1. The third kappa shape index (κ3) is 3.57. The number of quaternary nitrogens is 1. The Hall–Kier alpha value is -3.17. The van der Waals surface area contributed by atoms with Crippen molar-refractivity contribution >= 4 is 28.9 Å². The van der Waals surface area contributed by atoms with Crippen LogP contribution in [0.15, 0.2) is 48.7 Å². The molecule has 1 unspecified atom stereocenters. The van der Waals surface area contributed by atoms with Gasteiger partial charge in [-0.05, 0) is 30.7 Å². The predicted octanol–water partition coefficient (Wildman–Crippen LogP) is 3.33. The monoisotopic (exact) mass is 420 g/mol. The molecule has 3 aromatic rings. The van der Waals surface area contributed by atoms with Crippen LogP contribution in [0.4, 0.5) is 23.7 Å². The van der Waals surface area contributed by atoms with Crippen molar-refractivity contribution in [3.63, 3.8) is 0 Å². The van der Waals surface area contributed by atoms with E-state index in [0.29, 0.717) is 5.52 Å². The number of aliphatic hydroxyl groups is 1. The van der Waals surface area contributed by atoms with E-state index in [1.807, 2.05) is 0 Å². The Morgan fingerprint density at radius 2 is 1.97 bits per heavy atom. The first-order valence-electron chi connectivity index (χ1n) is 9.13. The lowest BCUT2D eigenvalue weighted by Gasteiger charge is -2.31. The van der Waals surface area contributed by atoms with Crippen molar-refractivity contribution < 1.29 is 33.1 Å². The molecule has 0 saturated heterocycles. The summed E-state index contributed by atoms with van der Waals surface area (Å²) in [4.78, 5) is 11.7. The van der Waals surface area contributed by atoms with Crippen LogP contribution in [0.25, 0.3) is 10.9 Å². The lowest BCUT2D eigenvalue weighted by atomic mass is 9.84. The molecule has 0 radical (unpaired) electrons. The highest BCUT2D eigenvalue weighted by molar-refractivity contribution is 5.87. The van der Waals surface area contributed by atoms with Crippen LogP contribution in [0.3, 0.4) is 0 Å². The number of nitrogens with zero attached hydrogens (tertiary/aromatic N) is 1. The van der Waals surface area contributed by atoms with E-state index < -0.39 is 23.4 Å². The van der Waals surface area contributed by atoms with Gasteiger partial charge in [-0.2, -0.15) is 18.0 Å². The number of para-hydroxylation sites is 1. The first-order valence-corrected chi connectivity index (χ1v) is 9.13. The molecule has 1 amide bonds. The molecule has 2 aromatic carbocycles. The SMILES string of the molecule is CCOC(=O)[NH2+]c1ccc(C(O)(c2cn(C)c3ccccc23)C(F)(F)F)cc1C=N.